The fraction of sp³-hybridized carbons (Fsp3) is 0.0833. The summed E-state index contributed by atoms with van der Waals surface area (Å²) in [5, 5.41) is 13.4. The normalized spacial score (nSPS) is 10.5. The second-order valence-corrected chi connectivity index (χ2v) is 7.69. The number of nitrogens with zero attached hydrogens (tertiary/aromatic N) is 3. The van der Waals surface area contributed by atoms with Gasteiger partial charge in [0, 0.05) is 22.0 Å². The van der Waals surface area contributed by atoms with Crippen LogP contribution in [0.4, 0.5) is 17.1 Å². The first-order chi connectivity index (χ1) is 16.0. The van der Waals surface area contributed by atoms with Crippen molar-refractivity contribution in [3.05, 3.63) is 95.5 Å². The SMILES string of the molecule is Cc1ccc(C(=O)Nc2ccccc2)cc1NCC(=O)Nc1cc(Cl)ccc1-n1cncn1. The van der Waals surface area contributed by atoms with Gasteiger partial charge in [0.05, 0.1) is 17.9 Å². The Hall–Kier alpha value is -4.17. The van der Waals surface area contributed by atoms with Gasteiger partial charge in [-0.1, -0.05) is 35.9 Å². The third kappa shape index (κ3) is 5.55. The average Bonchev–Trinajstić information content (AvgIpc) is 3.34. The minimum absolute atomic E-state index is 0.00604. The van der Waals surface area contributed by atoms with Crippen LogP contribution in [-0.2, 0) is 4.79 Å². The van der Waals surface area contributed by atoms with Crippen LogP contribution in [0, 0.1) is 6.92 Å². The quantitative estimate of drug-likeness (QED) is 0.376. The molecule has 1 heterocycles. The summed E-state index contributed by atoms with van der Waals surface area (Å²) in [6.45, 7) is 1.90. The maximum Gasteiger partial charge on any atom is 0.255 e. The van der Waals surface area contributed by atoms with Gasteiger partial charge in [-0.2, -0.15) is 5.10 Å². The van der Waals surface area contributed by atoms with Crippen molar-refractivity contribution in [3.8, 4) is 5.69 Å². The Kier molecular flexibility index (Phi) is 6.66. The van der Waals surface area contributed by atoms with E-state index < -0.39 is 0 Å². The number of amides is 2. The summed E-state index contributed by atoms with van der Waals surface area (Å²) in [4.78, 5) is 29.2. The highest BCUT2D eigenvalue weighted by Crippen LogP contribution is 2.24. The molecule has 166 valence electrons. The highest BCUT2D eigenvalue weighted by atomic mass is 35.5. The number of aromatic nitrogens is 3. The first-order valence-electron chi connectivity index (χ1n) is 10.1. The minimum atomic E-state index is -0.280. The highest BCUT2D eigenvalue weighted by molar-refractivity contribution is 6.31. The van der Waals surface area contributed by atoms with Crippen LogP contribution < -0.4 is 16.0 Å². The maximum absolute atomic E-state index is 12.6. The van der Waals surface area contributed by atoms with Crippen LogP contribution in [-0.4, -0.2) is 33.1 Å². The molecule has 33 heavy (non-hydrogen) atoms. The summed E-state index contributed by atoms with van der Waals surface area (Å²) in [5.74, 6) is -0.512. The Balaban J connectivity index is 1.43. The molecule has 4 aromatic rings. The molecule has 0 aliphatic carbocycles. The van der Waals surface area contributed by atoms with Crippen molar-refractivity contribution >= 4 is 40.5 Å². The maximum atomic E-state index is 12.6. The lowest BCUT2D eigenvalue weighted by Gasteiger charge is -2.14. The molecule has 1 aromatic heterocycles. The molecular weight excluding hydrogens is 440 g/mol. The fourth-order valence-corrected chi connectivity index (χ4v) is 3.36. The van der Waals surface area contributed by atoms with Crippen LogP contribution in [0.25, 0.3) is 5.69 Å². The van der Waals surface area contributed by atoms with Gasteiger partial charge >= 0.3 is 0 Å². The molecule has 8 nitrogen and oxygen atoms in total. The van der Waals surface area contributed by atoms with Gasteiger partial charge in [0.2, 0.25) is 5.91 Å². The predicted molar refractivity (Wildman–Crippen MR) is 129 cm³/mol. The molecule has 0 unspecified atom stereocenters. The summed E-state index contributed by atoms with van der Waals surface area (Å²) in [6.07, 6.45) is 2.94. The van der Waals surface area contributed by atoms with E-state index in [0.717, 1.165) is 5.56 Å². The topological polar surface area (TPSA) is 101 Å². The largest absolute Gasteiger partial charge is 0.376 e. The smallest absolute Gasteiger partial charge is 0.255 e. The number of nitrogens with one attached hydrogen (secondary N) is 3. The second-order valence-electron chi connectivity index (χ2n) is 7.25. The van der Waals surface area contributed by atoms with Crippen molar-refractivity contribution in [3.63, 3.8) is 0 Å². The number of para-hydroxylation sites is 1. The van der Waals surface area contributed by atoms with Gasteiger partial charge in [0.15, 0.2) is 0 Å². The van der Waals surface area contributed by atoms with Gasteiger partial charge in [0.1, 0.15) is 12.7 Å². The summed E-state index contributed by atoms with van der Waals surface area (Å²) in [6, 6.07) is 19.6. The number of rotatable bonds is 7. The molecule has 3 aromatic carbocycles. The van der Waals surface area contributed by atoms with E-state index in [9.17, 15) is 9.59 Å². The summed E-state index contributed by atoms with van der Waals surface area (Å²) < 4.78 is 1.54. The van der Waals surface area contributed by atoms with Crippen LogP contribution in [0.1, 0.15) is 15.9 Å². The summed E-state index contributed by atoms with van der Waals surface area (Å²) in [5.41, 5.74) is 3.93. The van der Waals surface area contributed by atoms with Crippen LogP contribution in [0.15, 0.2) is 79.4 Å². The standard InChI is InChI=1S/C24H21ClN6O2/c1-16-7-8-17(24(33)29-19-5-3-2-4-6-19)11-20(16)27-13-23(32)30-21-12-18(25)9-10-22(21)31-15-26-14-28-31/h2-12,14-15,27H,13H2,1H3,(H,29,33)(H,30,32). The van der Waals surface area contributed by atoms with Crippen molar-refractivity contribution in [2.24, 2.45) is 0 Å². The van der Waals surface area contributed by atoms with Crippen LogP contribution in [0.3, 0.4) is 0 Å². The van der Waals surface area contributed by atoms with E-state index in [-0.39, 0.29) is 18.4 Å². The lowest BCUT2D eigenvalue weighted by Crippen LogP contribution is -2.23. The van der Waals surface area contributed by atoms with Crippen molar-refractivity contribution in [2.75, 3.05) is 22.5 Å². The molecule has 0 aliphatic rings. The predicted octanol–water partition coefficient (Wildman–Crippen LogP) is 4.53. The molecule has 4 rings (SSSR count). The third-order valence-corrected chi connectivity index (χ3v) is 5.10. The number of halogens is 1. The number of hydrogen-bond donors (Lipinski definition) is 3. The van der Waals surface area contributed by atoms with E-state index >= 15 is 0 Å². The van der Waals surface area contributed by atoms with E-state index in [1.165, 1.54) is 12.7 Å². The second kappa shape index (κ2) is 9.97. The van der Waals surface area contributed by atoms with Crippen LogP contribution in [0.2, 0.25) is 5.02 Å². The van der Waals surface area contributed by atoms with Gasteiger partial charge in [-0.25, -0.2) is 9.67 Å². The molecule has 0 atom stereocenters. The zero-order valence-electron chi connectivity index (χ0n) is 17.7. The highest BCUT2D eigenvalue weighted by Gasteiger charge is 2.12. The van der Waals surface area contributed by atoms with Crippen LogP contribution in [0.5, 0.6) is 0 Å². The number of hydrogen-bond acceptors (Lipinski definition) is 5. The van der Waals surface area contributed by atoms with Crippen molar-refractivity contribution in [1.29, 1.82) is 0 Å². The molecule has 9 heteroatoms. The molecule has 0 saturated carbocycles. The molecule has 0 fully saturated rings. The van der Waals surface area contributed by atoms with Gasteiger partial charge in [-0.3, -0.25) is 9.59 Å². The van der Waals surface area contributed by atoms with E-state index in [4.69, 9.17) is 11.6 Å². The number of carbonyl (C=O) groups excluding carboxylic acids is 2. The van der Waals surface area contributed by atoms with Gasteiger partial charge in [0.25, 0.3) is 5.91 Å². The fourth-order valence-electron chi connectivity index (χ4n) is 3.19. The number of anilines is 3. The summed E-state index contributed by atoms with van der Waals surface area (Å²) in [7, 11) is 0. The Morgan fingerprint density at radius 2 is 1.79 bits per heavy atom. The number of aryl methyl sites for hydroxylation is 1. The monoisotopic (exact) mass is 460 g/mol. The third-order valence-electron chi connectivity index (χ3n) is 4.87. The Morgan fingerprint density at radius 3 is 2.55 bits per heavy atom. The summed E-state index contributed by atoms with van der Waals surface area (Å²) >= 11 is 6.11. The lowest BCUT2D eigenvalue weighted by molar-refractivity contribution is -0.114. The van der Waals surface area contributed by atoms with Gasteiger partial charge in [-0.15, -0.1) is 0 Å². The van der Waals surface area contributed by atoms with E-state index in [2.05, 4.69) is 26.0 Å². The minimum Gasteiger partial charge on any atom is -0.376 e. The van der Waals surface area contributed by atoms with Gasteiger partial charge < -0.3 is 16.0 Å². The van der Waals surface area contributed by atoms with Crippen molar-refractivity contribution in [2.45, 2.75) is 6.92 Å². The van der Waals surface area contributed by atoms with Crippen LogP contribution >= 0.6 is 11.6 Å². The molecule has 0 bridgehead atoms. The number of benzene rings is 3. The van der Waals surface area contributed by atoms with E-state index in [0.29, 0.717) is 33.3 Å². The Bertz CT molecular complexity index is 1280. The zero-order valence-corrected chi connectivity index (χ0v) is 18.5. The zero-order chi connectivity index (χ0) is 23.2. The average molecular weight is 461 g/mol. The molecule has 2 amide bonds. The lowest BCUT2D eigenvalue weighted by atomic mass is 10.1. The first-order valence-corrected chi connectivity index (χ1v) is 10.5. The van der Waals surface area contributed by atoms with Gasteiger partial charge in [-0.05, 0) is 55.0 Å². The number of carbonyl (C=O) groups is 2. The van der Waals surface area contributed by atoms with E-state index in [1.807, 2.05) is 43.3 Å². The Labute approximate surface area is 195 Å². The van der Waals surface area contributed by atoms with E-state index in [1.54, 1.807) is 35.0 Å². The molecule has 0 spiro atoms. The molecule has 3 N–H and O–H groups in total. The molecule has 0 radical (unpaired) electrons. The first kappa shape index (κ1) is 22.0. The molecular formula is C24H21ClN6O2. The Morgan fingerprint density at radius 1 is 0.970 bits per heavy atom. The van der Waals surface area contributed by atoms with Crippen molar-refractivity contribution < 1.29 is 9.59 Å². The van der Waals surface area contributed by atoms with Crippen molar-refractivity contribution in [1.82, 2.24) is 14.8 Å². The molecule has 0 saturated heterocycles. The molecule has 0 aliphatic heterocycles.